The number of alkyl halides is 1. The minimum Gasteiger partial charge on any atom is -0.410 e. The zero-order valence-electron chi connectivity index (χ0n) is 16.0. The minimum atomic E-state index is -3.42. The number of halogens is 1. The number of para-hydroxylation sites is 2. The molecule has 0 bridgehead atoms. The van der Waals surface area contributed by atoms with Crippen molar-refractivity contribution in [1.82, 2.24) is 0 Å². The molecule has 1 heterocycles. The topological polar surface area (TPSA) is 44.8 Å². The lowest BCUT2D eigenvalue weighted by Gasteiger charge is -2.24. The van der Waals surface area contributed by atoms with Crippen LogP contribution in [-0.2, 0) is 9.30 Å². The molecule has 2 atom stereocenters. The van der Waals surface area contributed by atoms with Gasteiger partial charge in [0.05, 0.1) is 0 Å². The van der Waals surface area contributed by atoms with Gasteiger partial charge in [-0.3, -0.25) is 0 Å². The molecule has 4 nitrogen and oxygen atoms in total. The molecule has 0 amide bonds. The van der Waals surface area contributed by atoms with E-state index in [1.807, 2.05) is 12.1 Å². The molecule has 0 aromatic heterocycles. The van der Waals surface area contributed by atoms with Crippen molar-refractivity contribution in [2.45, 2.75) is 89.5 Å². The second kappa shape index (κ2) is 11.2. The molecule has 0 aliphatic carbocycles. The average molecular weight is 403 g/mol. The molecule has 1 aromatic carbocycles. The van der Waals surface area contributed by atoms with Crippen molar-refractivity contribution in [3.63, 3.8) is 0 Å². The second-order valence-corrected chi connectivity index (χ2v) is 9.38. The van der Waals surface area contributed by atoms with Crippen molar-refractivity contribution in [2.24, 2.45) is 0 Å². The van der Waals surface area contributed by atoms with Crippen molar-refractivity contribution in [2.75, 3.05) is 0 Å². The molecule has 1 aliphatic heterocycles. The van der Waals surface area contributed by atoms with E-state index < -0.39 is 19.0 Å². The van der Waals surface area contributed by atoms with Crippen molar-refractivity contribution < 1.29 is 18.3 Å². The molecule has 0 saturated carbocycles. The fraction of sp³-hybridized carbons (Fsp3) is 0.700. The molecule has 0 saturated heterocycles. The van der Waals surface area contributed by atoms with Crippen LogP contribution in [0.4, 0.5) is 0 Å². The first-order valence-corrected chi connectivity index (χ1v) is 12.0. The lowest BCUT2D eigenvalue weighted by atomic mass is 10.1. The summed E-state index contributed by atoms with van der Waals surface area (Å²) in [6, 6.07) is 7.22. The summed E-state index contributed by atoms with van der Waals surface area (Å²) in [4.78, 5) is 0. The lowest BCUT2D eigenvalue weighted by Crippen LogP contribution is -2.22. The largest absolute Gasteiger partial charge is 0.459 e. The van der Waals surface area contributed by atoms with Gasteiger partial charge in [0.1, 0.15) is 5.56 Å². The van der Waals surface area contributed by atoms with Gasteiger partial charge in [0.25, 0.3) is 0 Å². The van der Waals surface area contributed by atoms with Gasteiger partial charge < -0.3 is 13.8 Å². The van der Waals surface area contributed by atoms with Crippen molar-refractivity contribution in [3.05, 3.63) is 24.3 Å². The number of hydrogen-bond acceptors (Lipinski definition) is 4. The monoisotopic (exact) mass is 402 g/mol. The third-order valence-corrected chi connectivity index (χ3v) is 6.86. The third-order valence-electron chi connectivity index (χ3n) is 4.55. The molecule has 26 heavy (non-hydrogen) atoms. The predicted octanol–water partition coefficient (Wildman–Crippen LogP) is 7.50. The van der Waals surface area contributed by atoms with Gasteiger partial charge >= 0.3 is 7.60 Å². The summed E-state index contributed by atoms with van der Waals surface area (Å²) in [7, 11) is -3.42. The SMILES string of the molecule is CCCCCCC(Cl)OC(CCCCCC)P1(=O)Oc2ccccc2O1. The summed E-state index contributed by atoms with van der Waals surface area (Å²) in [5, 5.41) is 0. The first-order chi connectivity index (χ1) is 12.6. The first-order valence-electron chi connectivity index (χ1n) is 9.96. The van der Waals surface area contributed by atoms with Crippen LogP contribution in [0.3, 0.4) is 0 Å². The summed E-state index contributed by atoms with van der Waals surface area (Å²) in [5.74, 6) is 0.416. The van der Waals surface area contributed by atoms with E-state index in [4.69, 9.17) is 25.4 Å². The Morgan fingerprint density at radius 3 is 2.00 bits per heavy atom. The van der Waals surface area contributed by atoms with Crippen LogP contribution in [0.5, 0.6) is 11.5 Å². The Labute approximate surface area is 163 Å². The van der Waals surface area contributed by atoms with Gasteiger partial charge in [-0.2, -0.15) is 0 Å². The van der Waals surface area contributed by atoms with Crippen molar-refractivity contribution in [3.8, 4) is 11.5 Å². The van der Waals surface area contributed by atoms with Crippen LogP contribution in [0.1, 0.15) is 78.1 Å². The zero-order valence-corrected chi connectivity index (χ0v) is 17.6. The normalized spacial score (nSPS) is 17.2. The van der Waals surface area contributed by atoms with E-state index in [1.54, 1.807) is 12.1 Å². The van der Waals surface area contributed by atoms with Gasteiger partial charge in [0.2, 0.25) is 0 Å². The van der Waals surface area contributed by atoms with Crippen LogP contribution >= 0.6 is 19.2 Å². The lowest BCUT2D eigenvalue weighted by molar-refractivity contribution is 0.0555. The predicted molar refractivity (Wildman–Crippen MR) is 107 cm³/mol. The standard InChI is InChI=1S/C20H32ClO4P/c1-3-5-7-9-15-19(21)23-20(16-10-8-6-4-2)26(22)24-17-13-11-12-14-18(17)25-26/h11-14,19-20H,3-10,15-16H2,1-2H3. The van der Waals surface area contributed by atoms with Crippen LogP contribution in [0.15, 0.2) is 24.3 Å². The molecule has 2 rings (SSSR count). The maximum absolute atomic E-state index is 13.3. The van der Waals surface area contributed by atoms with Crippen LogP contribution in [0, 0.1) is 0 Å². The third kappa shape index (κ3) is 6.48. The van der Waals surface area contributed by atoms with E-state index in [0.717, 1.165) is 44.9 Å². The molecule has 2 unspecified atom stereocenters. The minimum absolute atomic E-state index is 0.468. The Bertz CT molecular complexity index is 552. The number of rotatable bonds is 13. The number of ether oxygens (including phenoxy) is 1. The van der Waals surface area contributed by atoms with E-state index in [1.165, 1.54) is 12.8 Å². The van der Waals surface area contributed by atoms with E-state index in [2.05, 4.69) is 13.8 Å². The summed E-state index contributed by atoms with van der Waals surface area (Å²) >= 11 is 6.39. The Morgan fingerprint density at radius 2 is 1.46 bits per heavy atom. The van der Waals surface area contributed by atoms with Crippen LogP contribution < -0.4 is 9.05 Å². The van der Waals surface area contributed by atoms with E-state index >= 15 is 0 Å². The van der Waals surface area contributed by atoms with E-state index in [9.17, 15) is 4.57 Å². The molecular formula is C20H32ClO4P. The quantitative estimate of drug-likeness (QED) is 0.194. The van der Waals surface area contributed by atoms with Crippen molar-refractivity contribution >= 4 is 19.2 Å². The van der Waals surface area contributed by atoms with E-state index in [-0.39, 0.29) is 0 Å². The smallest absolute Gasteiger partial charge is 0.410 e. The summed E-state index contributed by atoms with van der Waals surface area (Å²) in [6.45, 7) is 4.35. The Morgan fingerprint density at radius 1 is 0.923 bits per heavy atom. The first kappa shape index (κ1) is 21.6. The highest BCUT2D eigenvalue weighted by atomic mass is 35.5. The number of hydrogen-bond donors (Lipinski definition) is 0. The van der Waals surface area contributed by atoms with Gasteiger partial charge in [-0.15, -0.1) is 0 Å². The van der Waals surface area contributed by atoms with Gasteiger partial charge in [-0.1, -0.05) is 82.5 Å². The molecule has 1 aliphatic rings. The van der Waals surface area contributed by atoms with Gasteiger partial charge in [-0.25, -0.2) is 4.57 Å². The van der Waals surface area contributed by atoms with Crippen LogP contribution in [-0.4, -0.2) is 11.4 Å². The fourth-order valence-electron chi connectivity index (χ4n) is 3.03. The highest BCUT2D eigenvalue weighted by Gasteiger charge is 2.46. The fourth-order valence-corrected chi connectivity index (χ4v) is 5.30. The van der Waals surface area contributed by atoms with Gasteiger partial charge in [0, 0.05) is 0 Å². The van der Waals surface area contributed by atoms with E-state index in [0.29, 0.717) is 17.9 Å². The maximum atomic E-state index is 13.3. The van der Waals surface area contributed by atoms with Crippen molar-refractivity contribution in [1.29, 1.82) is 0 Å². The summed E-state index contributed by atoms with van der Waals surface area (Å²) < 4.78 is 30.7. The molecule has 148 valence electrons. The molecule has 1 aromatic rings. The zero-order chi connectivity index (χ0) is 18.8. The Hall–Kier alpha value is -0.700. The van der Waals surface area contributed by atoms with Gasteiger partial charge in [0.15, 0.2) is 17.3 Å². The molecular weight excluding hydrogens is 371 g/mol. The second-order valence-electron chi connectivity index (χ2n) is 6.87. The van der Waals surface area contributed by atoms with Crippen LogP contribution in [0.25, 0.3) is 0 Å². The molecule has 0 fully saturated rings. The molecule has 0 radical (unpaired) electrons. The van der Waals surface area contributed by atoms with Crippen LogP contribution in [0.2, 0.25) is 0 Å². The molecule has 6 heteroatoms. The Kier molecular flexibility index (Phi) is 9.31. The number of benzene rings is 1. The number of fused-ring (bicyclic) bond motifs is 1. The van der Waals surface area contributed by atoms with Gasteiger partial charge in [-0.05, 0) is 31.4 Å². The summed E-state index contributed by atoms with van der Waals surface area (Å²) in [5.41, 5.74) is -0.468. The molecule has 0 spiro atoms. The molecule has 0 N–H and O–H groups in total. The maximum Gasteiger partial charge on any atom is 0.459 e. The summed E-state index contributed by atoms with van der Waals surface area (Å²) in [6.07, 6.45) is 10.2. The highest BCUT2D eigenvalue weighted by Crippen LogP contribution is 2.62. The average Bonchev–Trinajstić information content (AvgIpc) is 2.98. The Balaban J connectivity index is 1.96. The highest BCUT2D eigenvalue weighted by molar-refractivity contribution is 7.55. The number of unbranched alkanes of at least 4 members (excludes halogenated alkanes) is 6.